The predicted octanol–water partition coefficient (Wildman–Crippen LogP) is 3.73. The molecule has 0 radical (unpaired) electrons. The molecule has 1 aromatic carbocycles. The Balaban J connectivity index is 3.07. The van der Waals surface area contributed by atoms with Crippen molar-refractivity contribution in [1.29, 1.82) is 0 Å². The Kier molecular flexibility index (Phi) is 5.29. The van der Waals surface area contributed by atoms with Gasteiger partial charge in [-0.15, -0.1) is 0 Å². The summed E-state index contributed by atoms with van der Waals surface area (Å²) in [5.74, 6) is 0.955. The molecule has 0 saturated carbocycles. The number of hydrogen-bond acceptors (Lipinski definition) is 3. The second-order valence-electron chi connectivity index (χ2n) is 3.69. The number of carbonyl (C=O) groups is 1. The number of unbranched alkanes of at least 4 members (excludes halogenated alkanes) is 1. The van der Waals surface area contributed by atoms with Crippen molar-refractivity contribution in [1.82, 2.24) is 0 Å². The molecule has 0 aliphatic carbocycles. The summed E-state index contributed by atoms with van der Waals surface area (Å²) < 4.78 is 10.3. The van der Waals surface area contributed by atoms with Gasteiger partial charge in [-0.3, -0.25) is 4.79 Å². The maximum absolute atomic E-state index is 12.0. The number of hydrogen-bond donors (Lipinski definition) is 0. The fraction of sp³-hybridized carbons (Fsp3) is 0.462. The van der Waals surface area contributed by atoms with Crippen LogP contribution in [0.15, 0.2) is 12.1 Å². The number of halogens is 1. The molecule has 94 valence electrons. The van der Waals surface area contributed by atoms with Crippen molar-refractivity contribution < 1.29 is 14.3 Å². The molecule has 0 heterocycles. The molecule has 0 N–H and O–H groups in total. The van der Waals surface area contributed by atoms with Gasteiger partial charge in [0.2, 0.25) is 0 Å². The SMILES string of the molecule is CCCCC(=O)c1ccc(OC)c(Cl)c1OC. The van der Waals surface area contributed by atoms with E-state index in [0.717, 1.165) is 12.8 Å². The summed E-state index contributed by atoms with van der Waals surface area (Å²) >= 11 is 6.09. The van der Waals surface area contributed by atoms with Crippen LogP contribution in [0.1, 0.15) is 36.5 Å². The van der Waals surface area contributed by atoms with E-state index in [1.807, 2.05) is 6.92 Å². The molecule has 0 bridgehead atoms. The van der Waals surface area contributed by atoms with Crippen molar-refractivity contribution in [2.75, 3.05) is 14.2 Å². The second-order valence-corrected chi connectivity index (χ2v) is 4.07. The summed E-state index contributed by atoms with van der Waals surface area (Å²) in [5.41, 5.74) is 0.520. The monoisotopic (exact) mass is 256 g/mol. The van der Waals surface area contributed by atoms with Crippen LogP contribution in [-0.2, 0) is 0 Å². The van der Waals surface area contributed by atoms with Gasteiger partial charge in [-0.2, -0.15) is 0 Å². The van der Waals surface area contributed by atoms with Crippen LogP contribution >= 0.6 is 11.6 Å². The zero-order valence-corrected chi connectivity index (χ0v) is 11.1. The molecule has 0 aromatic heterocycles. The lowest BCUT2D eigenvalue weighted by Crippen LogP contribution is -2.03. The van der Waals surface area contributed by atoms with Crippen LogP contribution in [0.5, 0.6) is 11.5 Å². The second kappa shape index (κ2) is 6.50. The Hall–Kier alpha value is -1.22. The average Bonchev–Trinajstić information content (AvgIpc) is 2.35. The number of methoxy groups -OCH3 is 2. The van der Waals surface area contributed by atoms with Crippen LogP contribution in [0.25, 0.3) is 0 Å². The zero-order chi connectivity index (χ0) is 12.8. The zero-order valence-electron chi connectivity index (χ0n) is 10.4. The standard InChI is InChI=1S/C13H17ClO3/c1-4-5-6-10(15)9-7-8-11(16-2)12(14)13(9)17-3/h7-8H,4-6H2,1-3H3. The maximum Gasteiger partial charge on any atom is 0.166 e. The maximum atomic E-state index is 12.0. The van der Waals surface area contributed by atoms with Gasteiger partial charge in [0.05, 0.1) is 19.8 Å². The molecular weight excluding hydrogens is 240 g/mol. The van der Waals surface area contributed by atoms with Gasteiger partial charge < -0.3 is 9.47 Å². The highest BCUT2D eigenvalue weighted by Gasteiger charge is 2.17. The lowest BCUT2D eigenvalue weighted by molar-refractivity contribution is 0.0977. The minimum atomic E-state index is 0.0493. The van der Waals surface area contributed by atoms with Crippen LogP contribution in [-0.4, -0.2) is 20.0 Å². The van der Waals surface area contributed by atoms with Crippen LogP contribution in [0.2, 0.25) is 5.02 Å². The minimum Gasteiger partial charge on any atom is -0.495 e. The van der Waals surface area contributed by atoms with E-state index in [0.29, 0.717) is 28.5 Å². The first kappa shape index (κ1) is 13.8. The summed E-state index contributed by atoms with van der Waals surface area (Å²) in [6.45, 7) is 2.05. The van der Waals surface area contributed by atoms with Crippen molar-refractivity contribution in [3.05, 3.63) is 22.7 Å². The van der Waals surface area contributed by atoms with Crippen molar-refractivity contribution in [2.24, 2.45) is 0 Å². The Morgan fingerprint density at radius 2 is 2.00 bits per heavy atom. The molecule has 3 nitrogen and oxygen atoms in total. The van der Waals surface area contributed by atoms with Gasteiger partial charge in [0.15, 0.2) is 11.5 Å². The Bertz CT molecular complexity index is 402. The average molecular weight is 257 g/mol. The number of ketones is 1. The van der Waals surface area contributed by atoms with Gasteiger partial charge in [-0.25, -0.2) is 0 Å². The van der Waals surface area contributed by atoms with Crippen molar-refractivity contribution in [2.45, 2.75) is 26.2 Å². The van der Waals surface area contributed by atoms with E-state index in [-0.39, 0.29) is 5.78 Å². The summed E-state index contributed by atoms with van der Waals surface area (Å²) in [5, 5.41) is 0.345. The quantitative estimate of drug-likeness (QED) is 0.728. The largest absolute Gasteiger partial charge is 0.495 e. The third-order valence-corrected chi connectivity index (χ3v) is 2.90. The lowest BCUT2D eigenvalue weighted by atomic mass is 10.0. The third-order valence-electron chi connectivity index (χ3n) is 2.54. The van der Waals surface area contributed by atoms with E-state index in [2.05, 4.69) is 0 Å². The molecule has 0 unspecified atom stereocenters. The van der Waals surface area contributed by atoms with E-state index < -0.39 is 0 Å². The first-order valence-corrected chi connectivity index (χ1v) is 5.97. The minimum absolute atomic E-state index is 0.0493. The van der Waals surface area contributed by atoms with E-state index in [1.165, 1.54) is 14.2 Å². The molecule has 4 heteroatoms. The van der Waals surface area contributed by atoms with E-state index in [4.69, 9.17) is 21.1 Å². The molecule has 0 atom stereocenters. The molecule has 17 heavy (non-hydrogen) atoms. The molecule has 0 fully saturated rings. The number of benzene rings is 1. The van der Waals surface area contributed by atoms with Gasteiger partial charge in [0, 0.05) is 6.42 Å². The summed E-state index contributed by atoms with van der Waals surface area (Å²) in [7, 11) is 3.02. The lowest BCUT2D eigenvalue weighted by Gasteiger charge is -2.12. The smallest absolute Gasteiger partial charge is 0.166 e. The van der Waals surface area contributed by atoms with Crippen molar-refractivity contribution in [3.8, 4) is 11.5 Å². The summed E-state index contributed by atoms with van der Waals surface area (Å²) in [6.07, 6.45) is 2.36. The molecule has 0 amide bonds. The summed E-state index contributed by atoms with van der Waals surface area (Å²) in [4.78, 5) is 12.0. The third kappa shape index (κ3) is 3.13. The predicted molar refractivity (Wildman–Crippen MR) is 68.4 cm³/mol. The highest BCUT2D eigenvalue weighted by Crippen LogP contribution is 2.37. The van der Waals surface area contributed by atoms with Crippen LogP contribution in [0.4, 0.5) is 0 Å². The molecule has 0 spiro atoms. The summed E-state index contributed by atoms with van der Waals surface area (Å²) in [6, 6.07) is 3.38. The first-order valence-electron chi connectivity index (χ1n) is 5.59. The number of rotatable bonds is 6. The topological polar surface area (TPSA) is 35.5 Å². The normalized spacial score (nSPS) is 10.1. The van der Waals surface area contributed by atoms with Gasteiger partial charge >= 0.3 is 0 Å². The van der Waals surface area contributed by atoms with Crippen LogP contribution in [0, 0.1) is 0 Å². The van der Waals surface area contributed by atoms with Crippen LogP contribution < -0.4 is 9.47 Å². The molecule has 1 aromatic rings. The highest BCUT2D eigenvalue weighted by molar-refractivity contribution is 6.34. The number of carbonyl (C=O) groups excluding carboxylic acids is 1. The molecule has 0 aliphatic rings. The highest BCUT2D eigenvalue weighted by atomic mass is 35.5. The Labute approximate surface area is 107 Å². The fourth-order valence-corrected chi connectivity index (χ4v) is 1.91. The molecule has 0 saturated heterocycles. The van der Waals surface area contributed by atoms with E-state index in [1.54, 1.807) is 12.1 Å². The Morgan fingerprint density at radius 3 is 2.53 bits per heavy atom. The van der Waals surface area contributed by atoms with Crippen molar-refractivity contribution in [3.63, 3.8) is 0 Å². The van der Waals surface area contributed by atoms with Gasteiger partial charge in [0.1, 0.15) is 10.8 Å². The fourth-order valence-electron chi connectivity index (χ4n) is 1.59. The van der Waals surface area contributed by atoms with E-state index in [9.17, 15) is 4.79 Å². The van der Waals surface area contributed by atoms with Gasteiger partial charge in [-0.1, -0.05) is 24.9 Å². The number of ether oxygens (including phenoxy) is 2. The van der Waals surface area contributed by atoms with Crippen molar-refractivity contribution >= 4 is 17.4 Å². The van der Waals surface area contributed by atoms with E-state index >= 15 is 0 Å². The molecular formula is C13H17ClO3. The van der Waals surface area contributed by atoms with Crippen LogP contribution in [0.3, 0.4) is 0 Å². The van der Waals surface area contributed by atoms with Gasteiger partial charge in [-0.05, 0) is 18.6 Å². The Morgan fingerprint density at radius 1 is 1.29 bits per heavy atom. The first-order chi connectivity index (χ1) is 8.15. The molecule has 1 rings (SSSR count). The number of Topliss-reactive ketones (excluding diaryl/α,β-unsaturated/α-hetero) is 1. The molecule has 0 aliphatic heterocycles. The van der Waals surface area contributed by atoms with Gasteiger partial charge in [0.25, 0.3) is 0 Å².